The highest BCUT2D eigenvalue weighted by atomic mass is 16.2. The topological polar surface area (TPSA) is 41.1 Å². The fourth-order valence-corrected chi connectivity index (χ4v) is 1.83. The number of amides is 1. The van der Waals surface area contributed by atoms with Crippen molar-refractivity contribution in [2.45, 2.75) is 19.8 Å². The SMILES string of the molecule is Cc1cccc(NNC(=O)CCc2ccccc2)c1. The molecule has 0 aliphatic carbocycles. The number of hydrogen-bond donors (Lipinski definition) is 2. The van der Waals surface area contributed by atoms with Crippen molar-refractivity contribution < 1.29 is 4.79 Å². The second kappa shape index (κ2) is 6.59. The minimum Gasteiger partial charge on any atom is -0.299 e. The monoisotopic (exact) mass is 254 g/mol. The molecular formula is C16H18N2O. The number of benzene rings is 2. The summed E-state index contributed by atoms with van der Waals surface area (Å²) in [5.74, 6) is -0.00893. The predicted molar refractivity (Wildman–Crippen MR) is 77.7 cm³/mol. The van der Waals surface area contributed by atoms with E-state index in [0.717, 1.165) is 17.7 Å². The van der Waals surface area contributed by atoms with Gasteiger partial charge in [0.1, 0.15) is 0 Å². The summed E-state index contributed by atoms with van der Waals surface area (Å²) in [6, 6.07) is 17.9. The quantitative estimate of drug-likeness (QED) is 0.805. The molecule has 19 heavy (non-hydrogen) atoms. The number of carbonyl (C=O) groups is 1. The summed E-state index contributed by atoms with van der Waals surface area (Å²) >= 11 is 0. The number of hydrazine groups is 1. The van der Waals surface area contributed by atoms with Gasteiger partial charge in [0.2, 0.25) is 5.91 Å². The number of carbonyl (C=O) groups excluding carboxylic acids is 1. The van der Waals surface area contributed by atoms with Gasteiger partial charge in [0, 0.05) is 6.42 Å². The van der Waals surface area contributed by atoms with E-state index in [4.69, 9.17) is 0 Å². The lowest BCUT2D eigenvalue weighted by molar-refractivity contribution is -0.120. The Morgan fingerprint density at radius 3 is 2.58 bits per heavy atom. The molecule has 2 N–H and O–H groups in total. The maximum absolute atomic E-state index is 11.7. The first-order chi connectivity index (χ1) is 9.24. The van der Waals surface area contributed by atoms with E-state index in [0.29, 0.717) is 6.42 Å². The summed E-state index contributed by atoms with van der Waals surface area (Å²) in [6.45, 7) is 2.02. The molecule has 98 valence electrons. The van der Waals surface area contributed by atoms with Gasteiger partial charge < -0.3 is 0 Å². The average Bonchev–Trinajstić information content (AvgIpc) is 2.44. The van der Waals surface area contributed by atoms with E-state index in [1.807, 2.05) is 61.5 Å². The summed E-state index contributed by atoms with van der Waals surface area (Å²) in [7, 11) is 0. The summed E-state index contributed by atoms with van der Waals surface area (Å²) in [6.07, 6.45) is 1.23. The molecule has 0 unspecified atom stereocenters. The summed E-state index contributed by atoms with van der Waals surface area (Å²) < 4.78 is 0. The van der Waals surface area contributed by atoms with Crippen LogP contribution in [0.15, 0.2) is 54.6 Å². The highest BCUT2D eigenvalue weighted by Gasteiger charge is 2.01. The molecule has 0 saturated carbocycles. The first kappa shape index (κ1) is 13.1. The van der Waals surface area contributed by atoms with Crippen molar-refractivity contribution in [3.8, 4) is 0 Å². The number of rotatable bonds is 5. The number of nitrogens with one attached hydrogen (secondary N) is 2. The predicted octanol–water partition coefficient (Wildman–Crippen LogP) is 3.07. The maximum atomic E-state index is 11.7. The lowest BCUT2D eigenvalue weighted by Crippen LogP contribution is -2.29. The van der Waals surface area contributed by atoms with Crippen molar-refractivity contribution in [2.75, 3.05) is 5.43 Å². The lowest BCUT2D eigenvalue weighted by atomic mass is 10.1. The Kier molecular flexibility index (Phi) is 4.56. The van der Waals surface area contributed by atoms with Crippen LogP contribution in [0.4, 0.5) is 5.69 Å². The molecule has 2 rings (SSSR count). The minimum atomic E-state index is -0.00893. The fraction of sp³-hybridized carbons (Fsp3) is 0.188. The third kappa shape index (κ3) is 4.47. The van der Waals surface area contributed by atoms with Crippen molar-refractivity contribution in [3.63, 3.8) is 0 Å². The van der Waals surface area contributed by atoms with E-state index in [-0.39, 0.29) is 5.91 Å². The smallest absolute Gasteiger partial charge is 0.238 e. The van der Waals surface area contributed by atoms with Crippen molar-refractivity contribution in [1.82, 2.24) is 5.43 Å². The zero-order valence-electron chi connectivity index (χ0n) is 11.0. The molecule has 0 saturated heterocycles. The van der Waals surface area contributed by atoms with Gasteiger partial charge in [-0.25, -0.2) is 0 Å². The zero-order chi connectivity index (χ0) is 13.5. The molecule has 0 aromatic heterocycles. The van der Waals surface area contributed by atoms with Crippen LogP contribution in [0.1, 0.15) is 17.5 Å². The van der Waals surface area contributed by atoms with Gasteiger partial charge in [-0.05, 0) is 36.6 Å². The van der Waals surface area contributed by atoms with E-state index in [1.54, 1.807) is 0 Å². The Labute approximate surface area is 113 Å². The molecule has 0 heterocycles. The third-order valence-corrected chi connectivity index (χ3v) is 2.85. The zero-order valence-corrected chi connectivity index (χ0v) is 11.0. The average molecular weight is 254 g/mol. The number of hydrogen-bond acceptors (Lipinski definition) is 2. The van der Waals surface area contributed by atoms with Gasteiger partial charge in [0.25, 0.3) is 0 Å². The van der Waals surface area contributed by atoms with Crippen LogP contribution in [0, 0.1) is 6.92 Å². The van der Waals surface area contributed by atoms with Crippen LogP contribution >= 0.6 is 0 Å². The van der Waals surface area contributed by atoms with Gasteiger partial charge in [0.15, 0.2) is 0 Å². The maximum Gasteiger partial charge on any atom is 0.238 e. The first-order valence-corrected chi connectivity index (χ1v) is 6.39. The Hall–Kier alpha value is -2.29. The molecule has 0 radical (unpaired) electrons. The van der Waals surface area contributed by atoms with E-state index in [2.05, 4.69) is 10.9 Å². The largest absolute Gasteiger partial charge is 0.299 e. The second-order valence-electron chi connectivity index (χ2n) is 4.53. The van der Waals surface area contributed by atoms with Crippen LogP contribution in [0.2, 0.25) is 0 Å². The van der Waals surface area contributed by atoms with Crippen molar-refractivity contribution in [1.29, 1.82) is 0 Å². The van der Waals surface area contributed by atoms with Crippen LogP contribution in [-0.4, -0.2) is 5.91 Å². The van der Waals surface area contributed by atoms with Crippen LogP contribution in [0.3, 0.4) is 0 Å². The number of aryl methyl sites for hydroxylation is 2. The Morgan fingerprint density at radius 1 is 1.05 bits per heavy atom. The van der Waals surface area contributed by atoms with Gasteiger partial charge in [-0.3, -0.25) is 15.6 Å². The Morgan fingerprint density at radius 2 is 1.84 bits per heavy atom. The summed E-state index contributed by atoms with van der Waals surface area (Å²) in [5.41, 5.74) is 8.86. The van der Waals surface area contributed by atoms with Crippen LogP contribution < -0.4 is 10.9 Å². The molecule has 0 aliphatic heterocycles. The normalized spacial score (nSPS) is 9.95. The van der Waals surface area contributed by atoms with E-state index in [9.17, 15) is 4.79 Å². The number of anilines is 1. The highest BCUT2D eigenvalue weighted by molar-refractivity contribution is 5.77. The van der Waals surface area contributed by atoms with Gasteiger partial charge in [-0.1, -0.05) is 42.5 Å². The molecule has 2 aromatic carbocycles. The van der Waals surface area contributed by atoms with E-state index >= 15 is 0 Å². The highest BCUT2D eigenvalue weighted by Crippen LogP contribution is 2.08. The molecule has 0 spiro atoms. The van der Waals surface area contributed by atoms with Gasteiger partial charge in [-0.15, -0.1) is 0 Å². The molecule has 0 atom stereocenters. The minimum absolute atomic E-state index is 0.00893. The second-order valence-corrected chi connectivity index (χ2v) is 4.53. The Balaban J connectivity index is 1.76. The van der Waals surface area contributed by atoms with Crippen LogP contribution in [0.5, 0.6) is 0 Å². The van der Waals surface area contributed by atoms with Crippen LogP contribution in [-0.2, 0) is 11.2 Å². The molecular weight excluding hydrogens is 236 g/mol. The standard InChI is InChI=1S/C16H18N2O/c1-13-6-5-9-15(12-13)17-18-16(19)11-10-14-7-3-2-4-8-14/h2-9,12,17H,10-11H2,1H3,(H,18,19). The molecule has 2 aromatic rings. The van der Waals surface area contributed by atoms with Crippen molar-refractivity contribution >= 4 is 11.6 Å². The third-order valence-electron chi connectivity index (χ3n) is 2.85. The van der Waals surface area contributed by atoms with Crippen LogP contribution in [0.25, 0.3) is 0 Å². The summed E-state index contributed by atoms with van der Waals surface area (Å²) in [5, 5.41) is 0. The van der Waals surface area contributed by atoms with Gasteiger partial charge >= 0.3 is 0 Å². The van der Waals surface area contributed by atoms with E-state index < -0.39 is 0 Å². The van der Waals surface area contributed by atoms with Gasteiger partial charge in [-0.2, -0.15) is 0 Å². The lowest BCUT2D eigenvalue weighted by Gasteiger charge is -2.09. The van der Waals surface area contributed by atoms with Crippen molar-refractivity contribution in [2.24, 2.45) is 0 Å². The molecule has 0 fully saturated rings. The molecule has 3 heteroatoms. The molecule has 1 amide bonds. The molecule has 0 aliphatic rings. The molecule has 0 bridgehead atoms. The molecule has 3 nitrogen and oxygen atoms in total. The summed E-state index contributed by atoms with van der Waals surface area (Å²) in [4.78, 5) is 11.7. The van der Waals surface area contributed by atoms with Gasteiger partial charge in [0.05, 0.1) is 5.69 Å². The first-order valence-electron chi connectivity index (χ1n) is 6.39. The fourth-order valence-electron chi connectivity index (χ4n) is 1.83. The van der Waals surface area contributed by atoms with E-state index in [1.165, 1.54) is 5.56 Å². The van der Waals surface area contributed by atoms with Crippen molar-refractivity contribution in [3.05, 3.63) is 65.7 Å². The Bertz CT molecular complexity index is 537.